The van der Waals surface area contributed by atoms with Gasteiger partial charge in [0.15, 0.2) is 0 Å². The fourth-order valence-electron chi connectivity index (χ4n) is 1.44. The monoisotopic (exact) mass is 305 g/mol. The molecule has 2 amide bonds. The third kappa shape index (κ3) is 6.61. The van der Waals surface area contributed by atoms with Crippen LogP contribution >= 0.6 is 0 Å². The molecule has 0 saturated heterocycles. The maximum atomic E-state index is 12.5. The number of carbonyl (C=O) groups excluding carboxylic acids is 1. The van der Waals surface area contributed by atoms with Gasteiger partial charge in [0.1, 0.15) is 0 Å². The summed E-state index contributed by atoms with van der Waals surface area (Å²) in [7, 11) is 0. The Hall–Kier alpha value is -2.29. The Morgan fingerprint density at radius 3 is 2.52 bits per heavy atom. The summed E-state index contributed by atoms with van der Waals surface area (Å²) in [5, 5.41) is 15.4. The lowest BCUT2D eigenvalue weighted by Crippen LogP contribution is -2.35. The fraction of sp³-hybridized carbons (Fsp3) is 0.333. The highest BCUT2D eigenvalue weighted by Crippen LogP contribution is 2.30. The molecule has 1 aromatic rings. The third-order valence-corrected chi connectivity index (χ3v) is 2.34. The number of benzene rings is 1. The Labute approximate surface area is 118 Å². The molecule has 0 aromatic heterocycles. The summed E-state index contributed by atoms with van der Waals surface area (Å²) in [6, 6.07) is 4.29. The summed E-state index contributed by atoms with van der Waals surface area (Å²) < 4.78 is 37.4. The Balaban J connectivity index is 2.39. The van der Waals surface area contributed by atoms with Crippen LogP contribution in [0.3, 0.4) is 0 Å². The number of hydrogen-bond acceptors (Lipinski definition) is 3. The first-order valence-corrected chi connectivity index (χ1v) is 5.93. The lowest BCUT2D eigenvalue weighted by Gasteiger charge is -2.10. The van der Waals surface area contributed by atoms with E-state index < -0.39 is 23.7 Å². The molecule has 0 aliphatic rings. The second-order valence-electron chi connectivity index (χ2n) is 4.04. The third-order valence-electron chi connectivity index (χ3n) is 2.34. The minimum atomic E-state index is -4.47. The van der Waals surface area contributed by atoms with E-state index >= 15 is 0 Å². The van der Waals surface area contributed by atoms with Crippen LogP contribution in [0.1, 0.15) is 5.56 Å². The van der Waals surface area contributed by atoms with Crippen LogP contribution in [0.2, 0.25) is 0 Å². The zero-order chi connectivity index (χ0) is 15.9. The Bertz CT molecular complexity index is 506. The van der Waals surface area contributed by atoms with Crippen LogP contribution in [0.15, 0.2) is 24.3 Å². The maximum Gasteiger partial charge on any atom is 0.416 e. The van der Waals surface area contributed by atoms with Crippen molar-refractivity contribution in [3.8, 4) is 0 Å². The van der Waals surface area contributed by atoms with Crippen LogP contribution < -0.4 is 16.0 Å². The first-order chi connectivity index (χ1) is 9.79. The van der Waals surface area contributed by atoms with Crippen molar-refractivity contribution >= 4 is 17.7 Å². The average molecular weight is 305 g/mol. The highest BCUT2D eigenvalue weighted by molar-refractivity contribution is 5.92. The summed E-state index contributed by atoms with van der Waals surface area (Å²) in [4.78, 5) is 21.6. The molecule has 0 aliphatic heterocycles. The molecule has 21 heavy (non-hydrogen) atoms. The molecule has 1 aromatic carbocycles. The number of alkyl halides is 3. The number of carboxylic acid groups (broad SMARTS) is 1. The predicted octanol–water partition coefficient (Wildman–Crippen LogP) is 1.50. The topological polar surface area (TPSA) is 90.5 Å². The van der Waals surface area contributed by atoms with Gasteiger partial charge in [0.05, 0.1) is 12.1 Å². The number of carbonyl (C=O) groups is 2. The highest BCUT2D eigenvalue weighted by atomic mass is 19.4. The van der Waals surface area contributed by atoms with E-state index in [1.54, 1.807) is 0 Å². The van der Waals surface area contributed by atoms with Crippen molar-refractivity contribution < 1.29 is 27.9 Å². The Morgan fingerprint density at radius 1 is 1.19 bits per heavy atom. The number of anilines is 1. The second-order valence-corrected chi connectivity index (χ2v) is 4.04. The summed E-state index contributed by atoms with van der Waals surface area (Å²) in [5.41, 5.74) is -0.806. The van der Waals surface area contributed by atoms with Gasteiger partial charge in [-0.05, 0) is 18.2 Å². The van der Waals surface area contributed by atoms with Crippen molar-refractivity contribution in [2.24, 2.45) is 0 Å². The lowest BCUT2D eigenvalue weighted by molar-refractivity contribution is -0.137. The van der Waals surface area contributed by atoms with Crippen LogP contribution in [-0.4, -0.2) is 36.7 Å². The van der Waals surface area contributed by atoms with Crippen LogP contribution in [0.25, 0.3) is 0 Å². The van der Waals surface area contributed by atoms with E-state index in [1.807, 2.05) is 0 Å². The summed E-state index contributed by atoms with van der Waals surface area (Å²) >= 11 is 0. The molecule has 1 rings (SSSR count). The van der Waals surface area contributed by atoms with Crippen molar-refractivity contribution in [2.45, 2.75) is 6.18 Å². The lowest BCUT2D eigenvalue weighted by atomic mass is 10.2. The molecule has 0 atom stereocenters. The Kier molecular flexibility index (Phi) is 5.97. The van der Waals surface area contributed by atoms with Crippen LogP contribution in [0, 0.1) is 0 Å². The largest absolute Gasteiger partial charge is 0.465 e. The molecule has 0 bridgehead atoms. The van der Waals surface area contributed by atoms with E-state index in [9.17, 15) is 22.8 Å². The number of halogens is 3. The molecule has 0 unspecified atom stereocenters. The highest BCUT2D eigenvalue weighted by Gasteiger charge is 2.30. The van der Waals surface area contributed by atoms with Gasteiger partial charge in [-0.3, -0.25) is 4.79 Å². The van der Waals surface area contributed by atoms with Gasteiger partial charge in [0, 0.05) is 18.8 Å². The smallest absolute Gasteiger partial charge is 0.416 e. The van der Waals surface area contributed by atoms with Gasteiger partial charge in [0.2, 0.25) is 5.91 Å². The van der Waals surface area contributed by atoms with E-state index in [1.165, 1.54) is 12.1 Å². The van der Waals surface area contributed by atoms with Gasteiger partial charge >= 0.3 is 12.3 Å². The van der Waals surface area contributed by atoms with Crippen molar-refractivity contribution in [2.75, 3.05) is 25.0 Å². The van der Waals surface area contributed by atoms with Gasteiger partial charge in [-0.15, -0.1) is 0 Å². The SMILES string of the molecule is O=C(O)NCCNCC(=O)Nc1cccc(C(F)(F)F)c1. The summed E-state index contributed by atoms with van der Waals surface area (Å²) in [6.07, 6.45) is -5.65. The van der Waals surface area contributed by atoms with Gasteiger partial charge in [-0.2, -0.15) is 13.2 Å². The number of amides is 2. The standard InChI is InChI=1S/C12H14F3N3O3/c13-12(14,15)8-2-1-3-9(6-8)18-10(19)7-16-4-5-17-11(20)21/h1-3,6,16-17H,4-5,7H2,(H,18,19)(H,20,21). The van der Waals surface area contributed by atoms with Crippen molar-refractivity contribution in [1.29, 1.82) is 0 Å². The first-order valence-electron chi connectivity index (χ1n) is 5.93. The average Bonchev–Trinajstić information content (AvgIpc) is 2.37. The normalized spacial score (nSPS) is 11.0. The van der Waals surface area contributed by atoms with E-state index in [-0.39, 0.29) is 25.3 Å². The molecular weight excluding hydrogens is 291 g/mol. The molecule has 4 N–H and O–H groups in total. The minimum absolute atomic E-state index is 0.0419. The van der Waals surface area contributed by atoms with E-state index in [0.29, 0.717) is 0 Å². The van der Waals surface area contributed by atoms with Gasteiger partial charge in [-0.1, -0.05) is 6.07 Å². The fourth-order valence-corrected chi connectivity index (χ4v) is 1.44. The number of nitrogens with one attached hydrogen (secondary N) is 3. The molecular formula is C12H14F3N3O3. The van der Waals surface area contributed by atoms with E-state index in [2.05, 4.69) is 16.0 Å². The maximum absolute atomic E-state index is 12.5. The zero-order valence-corrected chi connectivity index (χ0v) is 10.8. The predicted molar refractivity (Wildman–Crippen MR) is 69.0 cm³/mol. The molecule has 0 saturated carbocycles. The molecule has 6 nitrogen and oxygen atoms in total. The molecule has 0 radical (unpaired) electrons. The summed E-state index contributed by atoms with van der Waals surface area (Å²) in [5.74, 6) is -0.523. The van der Waals surface area contributed by atoms with Gasteiger partial charge in [0.25, 0.3) is 0 Å². The molecule has 9 heteroatoms. The summed E-state index contributed by atoms with van der Waals surface area (Å²) in [6.45, 7) is 0.200. The second kappa shape index (κ2) is 7.48. The zero-order valence-electron chi connectivity index (χ0n) is 10.8. The molecule has 0 spiro atoms. The molecule has 0 aliphatic carbocycles. The van der Waals surface area contributed by atoms with E-state index in [0.717, 1.165) is 12.1 Å². The van der Waals surface area contributed by atoms with E-state index in [4.69, 9.17) is 5.11 Å². The van der Waals surface area contributed by atoms with Crippen LogP contribution in [0.4, 0.5) is 23.7 Å². The van der Waals surface area contributed by atoms with Crippen LogP contribution in [0.5, 0.6) is 0 Å². The van der Waals surface area contributed by atoms with Gasteiger partial charge in [-0.25, -0.2) is 4.79 Å². The van der Waals surface area contributed by atoms with Crippen molar-refractivity contribution in [3.05, 3.63) is 29.8 Å². The molecule has 0 fully saturated rings. The van der Waals surface area contributed by atoms with Crippen LogP contribution in [-0.2, 0) is 11.0 Å². The van der Waals surface area contributed by atoms with Crippen molar-refractivity contribution in [1.82, 2.24) is 10.6 Å². The quantitative estimate of drug-likeness (QED) is 0.600. The minimum Gasteiger partial charge on any atom is -0.465 e. The Morgan fingerprint density at radius 2 is 1.90 bits per heavy atom. The molecule has 0 heterocycles. The van der Waals surface area contributed by atoms with Crippen molar-refractivity contribution in [3.63, 3.8) is 0 Å². The molecule has 116 valence electrons. The number of rotatable bonds is 6. The van der Waals surface area contributed by atoms with Gasteiger partial charge < -0.3 is 21.1 Å². The first kappa shape index (κ1) is 16.8. The number of hydrogen-bond donors (Lipinski definition) is 4.